The maximum Gasteiger partial charge on any atom is 0.118 e. The lowest BCUT2D eigenvalue weighted by atomic mass is 9.82. The minimum absolute atomic E-state index is 0.281. The highest BCUT2D eigenvalue weighted by atomic mass is 16.5. The fourth-order valence-electron chi connectivity index (χ4n) is 3.73. The topological polar surface area (TPSA) is 29.5 Å². The molecule has 1 aromatic carbocycles. The van der Waals surface area contributed by atoms with Crippen molar-refractivity contribution in [2.24, 2.45) is 17.8 Å². The molecule has 1 N–H and O–H groups in total. The lowest BCUT2D eigenvalue weighted by Crippen LogP contribution is -2.19. The molecule has 17 heavy (non-hydrogen) atoms. The van der Waals surface area contributed by atoms with Crippen LogP contribution in [0.25, 0.3) is 0 Å². The molecule has 3 rings (SSSR count). The van der Waals surface area contributed by atoms with Crippen LogP contribution in [-0.4, -0.2) is 12.2 Å². The van der Waals surface area contributed by atoms with Gasteiger partial charge in [-0.05, 0) is 54.7 Å². The molecule has 1 aromatic rings. The number of aliphatic hydroxyl groups excluding tert-OH is 1. The van der Waals surface area contributed by atoms with E-state index in [0.717, 1.165) is 23.1 Å². The van der Waals surface area contributed by atoms with E-state index in [0.29, 0.717) is 5.92 Å². The average molecular weight is 232 g/mol. The molecule has 2 nitrogen and oxygen atoms in total. The Morgan fingerprint density at radius 1 is 1.18 bits per heavy atom. The van der Waals surface area contributed by atoms with E-state index in [2.05, 4.69) is 0 Å². The molecule has 2 heteroatoms. The largest absolute Gasteiger partial charge is 0.497 e. The van der Waals surface area contributed by atoms with E-state index in [9.17, 15) is 5.11 Å². The molecule has 0 saturated heterocycles. The maximum absolute atomic E-state index is 10.5. The van der Waals surface area contributed by atoms with E-state index in [1.54, 1.807) is 7.11 Å². The van der Waals surface area contributed by atoms with Gasteiger partial charge in [0.25, 0.3) is 0 Å². The van der Waals surface area contributed by atoms with Gasteiger partial charge in [-0.1, -0.05) is 18.6 Å². The summed E-state index contributed by atoms with van der Waals surface area (Å²) >= 11 is 0. The van der Waals surface area contributed by atoms with Crippen molar-refractivity contribution >= 4 is 0 Å². The van der Waals surface area contributed by atoms with Gasteiger partial charge in [0.05, 0.1) is 13.2 Å². The Kier molecular flexibility index (Phi) is 2.83. The number of ether oxygens (including phenoxy) is 1. The fraction of sp³-hybridized carbons (Fsp3) is 0.600. The molecular formula is C15H20O2. The highest BCUT2D eigenvalue weighted by Gasteiger charge is 2.42. The van der Waals surface area contributed by atoms with Gasteiger partial charge in [0.1, 0.15) is 5.75 Å². The lowest BCUT2D eigenvalue weighted by molar-refractivity contribution is 0.0745. The summed E-state index contributed by atoms with van der Waals surface area (Å²) in [5.41, 5.74) is 1.04. The maximum atomic E-state index is 10.5. The summed E-state index contributed by atoms with van der Waals surface area (Å²) in [7, 11) is 1.67. The summed E-state index contributed by atoms with van der Waals surface area (Å²) in [6.45, 7) is 0. The molecule has 0 spiro atoms. The molecular weight excluding hydrogens is 212 g/mol. The number of rotatable bonds is 3. The van der Waals surface area contributed by atoms with Crippen LogP contribution in [0.5, 0.6) is 5.75 Å². The van der Waals surface area contributed by atoms with Crippen molar-refractivity contribution in [3.05, 3.63) is 29.8 Å². The molecule has 2 aliphatic rings. The van der Waals surface area contributed by atoms with Crippen molar-refractivity contribution in [1.29, 1.82) is 0 Å². The minimum atomic E-state index is -0.281. The van der Waals surface area contributed by atoms with E-state index in [4.69, 9.17) is 4.74 Å². The second kappa shape index (κ2) is 4.34. The molecule has 4 atom stereocenters. The van der Waals surface area contributed by atoms with Crippen LogP contribution in [0.1, 0.15) is 37.4 Å². The summed E-state index contributed by atoms with van der Waals surface area (Å²) < 4.78 is 5.14. The summed E-state index contributed by atoms with van der Waals surface area (Å²) in [4.78, 5) is 0. The van der Waals surface area contributed by atoms with E-state index in [1.807, 2.05) is 24.3 Å². The smallest absolute Gasteiger partial charge is 0.118 e. The third kappa shape index (κ3) is 1.95. The average Bonchev–Trinajstić information content (AvgIpc) is 3.00. The highest BCUT2D eigenvalue weighted by Crippen LogP contribution is 2.52. The van der Waals surface area contributed by atoms with Gasteiger partial charge in [0.15, 0.2) is 0 Å². The van der Waals surface area contributed by atoms with Crippen molar-refractivity contribution in [2.45, 2.75) is 31.8 Å². The standard InChI is InChI=1S/C15H20O2/c1-17-13-6-4-11(5-7-13)15(16)14-9-10-2-3-12(14)8-10/h4-7,10,12,14-16H,2-3,8-9H2,1H3. The Morgan fingerprint density at radius 2 is 1.94 bits per heavy atom. The fourth-order valence-corrected chi connectivity index (χ4v) is 3.73. The van der Waals surface area contributed by atoms with E-state index < -0.39 is 0 Å². The van der Waals surface area contributed by atoms with Crippen molar-refractivity contribution < 1.29 is 9.84 Å². The summed E-state index contributed by atoms with van der Waals surface area (Å²) in [6.07, 6.45) is 4.99. The molecule has 92 valence electrons. The Hall–Kier alpha value is -1.02. The Bertz CT molecular complexity index is 384. The number of fused-ring (bicyclic) bond motifs is 2. The SMILES string of the molecule is COc1ccc(C(O)C2CC3CCC2C3)cc1. The van der Waals surface area contributed by atoms with Gasteiger partial charge < -0.3 is 9.84 Å². The quantitative estimate of drug-likeness (QED) is 0.867. The van der Waals surface area contributed by atoms with E-state index >= 15 is 0 Å². The van der Waals surface area contributed by atoms with E-state index in [-0.39, 0.29) is 6.10 Å². The number of hydrogen-bond donors (Lipinski definition) is 1. The highest BCUT2D eigenvalue weighted by molar-refractivity contribution is 5.29. The summed E-state index contributed by atoms with van der Waals surface area (Å²) in [5, 5.41) is 10.5. The Morgan fingerprint density at radius 3 is 2.47 bits per heavy atom. The normalized spacial score (nSPS) is 32.7. The number of methoxy groups -OCH3 is 1. The van der Waals surface area contributed by atoms with Gasteiger partial charge in [-0.25, -0.2) is 0 Å². The first-order chi connectivity index (χ1) is 8.28. The molecule has 2 saturated carbocycles. The number of aliphatic hydroxyl groups is 1. The van der Waals surface area contributed by atoms with Gasteiger partial charge in [0, 0.05) is 0 Å². The van der Waals surface area contributed by atoms with Crippen LogP contribution >= 0.6 is 0 Å². The van der Waals surface area contributed by atoms with Crippen LogP contribution in [0.2, 0.25) is 0 Å². The minimum Gasteiger partial charge on any atom is -0.497 e. The van der Waals surface area contributed by atoms with Gasteiger partial charge in [0.2, 0.25) is 0 Å². The molecule has 2 fully saturated rings. The molecule has 0 aromatic heterocycles. The zero-order valence-corrected chi connectivity index (χ0v) is 10.3. The number of hydrogen-bond acceptors (Lipinski definition) is 2. The van der Waals surface area contributed by atoms with Gasteiger partial charge in [-0.3, -0.25) is 0 Å². The summed E-state index contributed by atoms with van der Waals surface area (Å²) in [6, 6.07) is 7.86. The van der Waals surface area contributed by atoms with E-state index in [1.165, 1.54) is 25.7 Å². The van der Waals surface area contributed by atoms with Gasteiger partial charge in [-0.2, -0.15) is 0 Å². The molecule has 0 aliphatic heterocycles. The van der Waals surface area contributed by atoms with Crippen LogP contribution in [0.4, 0.5) is 0 Å². The molecule has 0 heterocycles. The third-order valence-corrected chi connectivity index (χ3v) is 4.66. The number of benzene rings is 1. The Balaban J connectivity index is 1.74. The van der Waals surface area contributed by atoms with Crippen LogP contribution in [0, 0.1) is 17.8 Å². The van der Waals surface area contributed by atoms with Crippen molar-refractivity contribution in [3.63, 3.8) is 0 Å². The molecule has 2 aliphatic carbocycles. The van der Waals surface area contributed by atoms with Crippen LogP contribution in [0.3, 0.4) is 0 Å². The van der Waals surface area contributed by atoms with Crippen LogP contribution in [0.15, 0.2) is 24.3 Å². The predicted molar refractivity (Wildman–Crippen MR) is 66.9 cm³/mol. The summed E-state index contributed by atoms with van der Waals surface area (Å²) in [5.74, 6) is 2.99. The first-order valence-electron chi connectivity index (χ1n) is 6.60. The molecule has 4 unspecified atom stereocenters. The first kappa shape index (κ1) is 11.1. The van der Waals surface area contributed by atoms with Crippen LogP contribution in [-0.2, 0) is 0 Å². The zero-order valence-electron chi connectivity index (χ0n) is 10.3. The van der Waals surface area contributed by atoms with Crippen molar-refractivity contribution in [1.82, 2.24) is 0 Å². The third-order valence-electron chi connectivity index (χ3n) is 4.66. The predicted octanol–water partition coefficient (Wildman–Crippen LogP) is 3.16. The molecule has 0 radical (unpaired) electrons. The molecule has 0 amide bonds. The van der Waals surface area contributed by atoms with Crippen molar-refractivity contribution in [3.8, 4) is 5.75 Å². The van der Waals surface area contributed by atoms with Gasteiger partial charge in [-0.15, -0.1) is 0 Å². The van der Waals surface area contributed by atoms with Crippen LogP contribution < -0.4 is 4.74 Å². The molecule has 2 bridgehead atoms. The zero-order chi connectivity index (χ0) is 11.8. The lowest BCUT2D eigenvalue weighted by Gasteiger charge is -2.27. The Labute approximate surface area is 103 Å². The van der Waals surface area contributed by atoms with Gasteiger partial charge >= 0.3 is 0 Å². The first-order valence-corrected chi connectivity index (χ1v) is 6.60. The monoisotopic (exact) mass is 232 g/mol. The van der Waals surface area contributed by atoms with Crippen molar-refractivity contribution in [2.75, 3.05) is 7.11 Å². The second-order valence-electron chi connectivity index (χ2n) is 5.56. The second-order valence-corrected chi connectivity index (χ2v) is 5.56.